The minimum absolute atomic E-state index is 0.0378. The number of carbonyl (C=O) groups is 1. The summed E-state index contributed by atoms with van der Waals surface area (Å²) in [4.78, 5) is 13.0. The van der Waals surface area contributed by atoms with Gasteiger partial charge >= 0.3 is 0 Å². The van der Waals surface area contributed by atoms with Gasteiger partial charge in [-0.15, -0.1) is 0 Å². The lowest BCUT2D eigenvalue weighted by Crippen LogP contribution is -2.42. The minimum Gasteiger partial charge on any atom is -0.355 e. The molecule has 0 radical (unpaired) electrons. The van der Waals surface area contributed by atoms with Gasteiger partial charge in [0.05, 0.1) is 12.1 Å². The number of amides is 1. The fourth-order valence-electron chi connectivity index (χ4n) is 4.75. The van der Waals surface area contributed by atoms with Crippen LogP contribution >= 0.6 is 11.6 Å². The van der Waals surface area contributed by atoms with Crippen LogP contribution in [-0.2, 0) is 17.3 Å². The highest BCUT2D eigenvalue weighted by Gasteiger charge is 2.39. The third-order valence-corrected chi connectivity index (χ3v) is 6.57. The zero-order valence-corrected chi connectivity index (χ0v) is 16.5. The second-order valence-electron chi connectivity index (χ2n) is 8.03. The topological polar surface area (TPSA) is 59.0 Å². The van der Waals surface area contributed by atoms with Gasteiger partial charge in [-0.3, -0.25) is 9.48 Å². The van der Waals surface area contributed by atoms with Crippen molar-refractivity contribution in [1.82, 2.24) is 20.4 Å². The molecule has 5 nitrogen and oxygen atoms in total. The van der Waals surface area contributed by atoms with E-state index in [-0.39, 0.29) is 23.2 Å². The molecule has 1 saturated carbocycles. The second kappa shape index (κ2) is 7.64. The van der Waals surface area contributed by atoms with Gasteiger partial charge in [0.15, 0.2) is 0 Å². The van der Waals surface area contributed by atoms with Gasteiger partial charge in [0.2, 0.25) is 5.91 Å². The number of benzene rings is 1. The van der Waals surface area contributed by atoms with Crippen LogP contribution in [0.15, 0.2) is 36.7 Å². The Morgan fingerprint density at radius 3 is 2.70 bits per heavy atom. The molecular formula is C21H27ClN4O. The van der Waals surface area contributed by atoms with Crippen LogP contribution in [0, 0.1) is 5.92 Å². The molecule has 1 aromatic carbocycles. The second-order valence-corrected chi connectivity index (χ2v) is 8.47. The molecule has 1 aromatic heterocycles. The van der Waals surface area contributed by atoms with E-state index in [0.717, 1.165) is 36.5 Å². The summed E-state index contributed by atoms with van der Waals surface area (Å²) in [5, 5.41) is 11.7. The van der Waals surface area contributed by atoms with E-state index in [9.17, 15) is 4.79 Å². The molecule has 2 fully saturated rings. The van der Waals surface area contributed by atoms with Gasteiger partial charge in [0, 0.05) is 49.2 Å². The highest BCUT2D eigenvalue weighted by molar-refractivity contribution is 6.30. The van der Waals surface area contributed by atoms with Crippen LogP contribution in [0.3, 0.4) is 0 Å². The molecule has 2 heterocycles. The number of carbonyl (C=O) groups excluding carboxylic acids is 1. The molecule has 1 aliphatic heterocycles. The zero-order valence-electron chi connectivity index (χ0n) is 15.7. The van der Waals surface area contributed by atoms with Crippen molar-refractivity contribution >= 4 is 17.5 Å². The van der Waals surface area contributed by atoms with Crippen molar-refractivity contribution in [2.45, 2.75) is 37.0 Å². The van der Waals surface area contributed by atoms with Crippen molar-refractivity contribution in [3.05, 3.63) is 52.8 Å². The quantitative estimate of drug-likeness (QED) is 0.830. The molecule has 1 aliphatic carbocycles. The van der Waals surface area contributed by atoms with Gasteiger partial charge in [-0.05, 0) is 36.1 Å². The number of aromatic nitrogens is 2. The van der Waals surface area contributed by atoms with Gasteiger partial charge in [-0.25, -0.2) is 0 Å². The van der Waals surface area contributed by atoms with E-state index in [4.69, 9.17) is 11.6 Å². The molecule has 0 spiro atoms. The maximum Gasteiger partial charge on any atom is 0.225 e. The average Bonchev–Trinajstić information content (AvgIpc) is 3.41. The first-order valence-electron chi connectivity index (χ1n) is 9.80. The summed E-state index contributed by atoms with van der Waals surface area (Å²) in [6, 6.07) is 8.15. The highest BCUT2D eigenvalue weighted by atomic mass is 35.5. The Balaban J connectivity index is 1.46. The summed E-state index contributed by atoms with van der Waals surface area (Å²) in [5.41, 5.74) is 2.46. The standard InChI is InChI=1S/C21H27ClN4O/c1-26-13-15(10-25-26)18-11-23-12-19(18)20(27)24-14-21(8-2-3-9-21)16-4-6-17(22)7-5-16/h4-7,10,13,18-19,23H,2-3,8-9,11-12,14H2,1H3,(H,24,27)/t18-,19+/m1/s1. The molecular weight excluding hydrogens is 360 g/mol. The molecule has 4 rings (SSSR count). The maximum atomic E-state index is 13.0. The summed E-state index contributed by atoms with van der Waals surface area (Å²) in [7, 11) is 1.91. The van der Waals surface area contributed by atoms with E-state index in [1.807, 2.05) is 31.6 Å². The Morgan fingerprint density at radius 2 is 2.04 bits per heavy atom. The van der Waals surface area contributed by atoms with Crippen molar-refractivity contribution in [1.29, 1.82) is 0 Å². The maximum absolute atomic E-state index is 13.0. The summed E-state index contributed by atoms with van der Waals surface area (Å²) >= 11 is 6.07. The van der Waals surface area contributed by atoms with Crippen molar-refractivity contribution in [2.75, 3.05) is 19.6 Å². The molecule has 1 saturated heterocycles. The summed E-state index contributed by atoms with van der Waals surface area (Å²) in [6.45, 7) is 2.25. The van der Waals surface area contributed by atoms with Crippen LogP contribution in [0.5, 0.6) is 0 Å². The van der Waals surface area contributed by atoms with Crippen molar-refractivity contribution in [3.8, 4) is 0 Å². The lowest BCUT2D eigenvalue weighted by Gasteiger charge is -2.31. The lowest BCUT2D eigenvalue weighted by molar-refractivity contribution is -0.125. The molecule has 6 heteroatoms. The van der Waals surface area contributed by atoms with E-state index in [2.05, 4.69) is 27.9 Å². The van der Waals surface area contributed by atoms with E-state index >= 15 is 0 Å². The van der Waals surface area contributed by atoms with Crippen LogP contribution in [-0.4, -0.2) is 35.3 Å². The SMILES string of the molecule is Cn1cc([C@H]2CNC[C@@H]2C(=O)NCC2(c3ccc(Cl)cc3)CCCC2)cn1. The molecule has 2 aliphatic rings. The lowest BCUT2D eigenvalue weighted by atomic mass is 9.78. The number of aryl methyl sites for hydroxylation is 1. The molecule has 2 aromatic rings. The number of nitrogens with one attached hydrogen (secondary N) is 2. The average molecular weight is 387 g/mol. The first-order valence-corrected chi connectivity index (χ1v) is 10.2. The van der Waals surface area contributed by atoms with Gasteiger partial charge in [-0.2, -0.15) is 5.10 Å². The highest BCUT2D eigenvalue weighted by Crippen LogP contribution is 2.41. The number of rotatable bonds is 5. The molecule has 144 valence electrons. The molecule has 1 amide bonds. The molecule has 0 unspecified atom stereocenters. The summed E-state index contributed by atoms with van der Waals surface area (Å²) < 4.78 is 1.80. The van der Waals surface area contributed by atoms with Gasteiger partial charge < -0.3 is 10.6 Å². The zero-order chi connectivity index (χ0) is 18.9. The Labute approximate surface area is 165 Å². The van der Waals surface area contributed by atoms with Crippen molar-refractivity contribution in [3.63, 3.8) is 0 Å². The monoisotopic (exact) mass is 386 g/mol. The minimum atomic E-state index is -0.0436. The number of halogens is 1. The first kappa shape index (κ1) is 18.5. The summed E-state index contributed by atoms with van der Waals surface area (Å²) in [5.74, 6) is 0.292. The third kappa shape index (κ3) is 3.76. The molecule has 2 atom stereocenters. The van der Waals surface area contributed by atoms with Crippen LogP contribution in [0.2, 0.25) is 5.02 Å². The van der Waals surface area contributed by atoms with Crippen LogP contribution < -0.4 is 10.6 Å². The van der Waals surface area contributed by atoms with E-state index in [0.29, 0.717) is 6.54 Å². The summed E-state index contributed by atoms with van der Waals surface area (Å²) in [6.07, 6.45) is 8.55. The normalized spacial score (nSPS) is 24.2. The molecule has 27 heavy (non-hydrogen) atoms. The van der Waals surface area contributed by atoms with E-state index < -0.39 is 0 Å². The largest absolute Gasteiger partial charge is 0.355 e. The van der Waals surface area contributed by atoms with E-state index in [1.165, 1.54) is 18.4 Å². The number of hydrogen-bond donors (Lipinski definition) is 2. The Kier molecular flexibility index (Phi) is 5.24. The first-order chi connectivity index (χ1) is 13.1. The number of hydrogen-bond acceptors (Lipinski definition) is 3. The Bertz CT molecular complexity index is 795. The smallest absolute Gasteiger partial charge is 0.225 e. The van der Waals surface area contributed by atoms with Crippen LogP contribution in [0.25, 0.3) is 0 Å². The fraction of sp³-hybridized carbons (Fsp3) is 0.524. The predicted molar refractivity (Wildman–Crippen MR) is 107 cm³/mol. The van der Waals surface area contributed by atoms with Gasteiger partial charge in [0.25, 0.3) is 0 Å². The Hall–Kier alpha value is -1.85. The van der Waals surface area contributed by atoms with Crippen LogP contribution in [0.4, 0.5) is 0 Å². The number of nitrogens with zero attached hydrogens (tertiary/aromatic N) is 2. The molecule has 2 N–H and O–H groups in total. The van der Waals surface area contributed by atoms with Gasteiger partial charge in [-0.1, -0.05) is 36.6 Å². The van der Waals surface area contributed by atoms with E-state index in [1.54, 1.807) is 4.68 Å². The Morgan fingerprint density at radius 1 is 1.30 bits per heavy atom. The third-order valence-electron chi connectivity index (χ3n) is 6.32. The van der Waals surface area contributed by atoms with Crippen LogP contribution in [0.1, 0.15) is 42.7 Å². The van der Waals surface area contributed by atoms with Crippen molar-refractivity contribution in [2.24, 2.45) is 13.0 Å². The predicted octanol–water partition coefficient (Wildman–Crippen LogP) is 3.00. The van der Waals surface area contributed by atoms with Crippen molar-refractivity contribution < 1.29 is 4.79 Å². The fourth-order valence-corrected chi connectivity index (χ4v) is 4.87. The molecule has 0 bridgehead atoms. The van der Waals surface area contributed by atoms with Gasteiger partial charge in [0.1, 0.15) is 0 Å².